The molecule has 2 atom stereocenters. The number of rotatable bonds is 1. The summed E-state index contributed by atoms with van der Waals surface area (Å²) in [4.78, 5) is 3.80. The van der Waals surface area contributed by atoms with E-state index in [1.54, 1.807) is 4.90 Å². The first-order valence-electron chi connectivity index (χ1n) is 7.08. The van der Waals surface area contributed by atoms with Crippen molar-refractivity contribution < 1.29 is 17.9 Å². The number of morpholine rings is 1. The molecule has 2 heterocycles. The monoisotopic (exact) mass is 311 g/mol. The third-order valence-corrected chi connectivity index (χ3v) is 4.35. The molecular formula is C15H16F3N3O. The number of anilines is 1. The zero-order chi connectivity index (χ0) is 15.9. The molecular weight excluding hydrogens is 295 g/mol. The number of alkyl halides is 3. The molecule has 3 rings (SSSR count). The number of hydrogen-bond donors (Lipinski definition) is 0. The maximum atomic E-state index is 13.2. The molecule has 1 aromatic carbocycles. The van der Waals surface area contributed by atoms with Crippen molar-refractivity contribution in [2.24, 2.45) is 0 Å². The Kier molecular flexibility index (Phi) is 3.75. The maximum absolute atomic E-state index is 13.2. The largest absolute Gasteiger partial charge is 0.418 e. The molecule has 2 fully saturated rings. The highest BCUT2D eigenvalue weighted by Gasteiger charge is 2.42. The lowest BCUT2D eigenvalue weighted by Crippen LogP contribution is -2.48. The number of likely N-dealkylation sites (N-methyl/N-ethyl adjacent to an activating group) is 1. The Bertz CT molecular complexity index is 611. The van der Waals surface area contributed by atoms with Gasteiger partial charge in [-0.05, 0) is 25.2 Å². The first-order chi connectivity index (χ1) is 10.4. The predicted octanol–water partition coefficient (Wildman–Crippen LogP) is 2.10. The fraction of sp³-hybridized carbons (Fsp3) is 0.533. The summed E-state index contributed by atoms with van der Waals surface area (Å²) in [5.41, 5.74) is -0.405. The Labute approximate surface area is 126 Å². The summed E-state index contributed by atoms with van der Waals surface area (Å²) in [6, 6.07) is 5.50. The van der Waals surface area contributed by atoms with Crippen molar-refractivity contribution in [1.82, 2.24) is 4.90 Å². The molecule has 0 spiro atoms. The second kappa shape index (κ2) is 5.45. The van der Waals surface area contributed by atoms with Crippen LogP contribution >= 0.6 is 0 Å². The molecule has 0 unspecified atom stereocenters. The minimum Gasteiger partial charge on any atom is -0.373 e. The average Bonchev–Trinajstić information content (AvgIpc) is 2.91. The average molecular weight is 311 g/mol. The Morgan fingerprint density at radius 2 is 2.09 bits per heavy atom. The quantitative estimate of drug-likeness (QED) is 0.796. The van der Waals surface area contributed by atoms with Crippen LogP contribution in [0.25, 0.3) is 0 Å². The SMILES string of the molecule is CN1CCO[C@H]2CN(c3cc(C#N)ccc3C(F)(F)F)C[C@H]21. The van der Waals surface area contributed by atoms with Gasteiger partial charge in [-0.3, -0.25) is 4.90 Å². The van der Waals surface area contributed by atoms with Crippen LogP contribution in [0, 0.1) is 11.3 Å². The van der Waals surface area contributed by atoms with Crippen molar-refractivity contribution in [3.8, 4) is 6.07 Å². The van der Waals surface area contributed by atoms with E-state index in [0.29, 0.717) is 19.7 Å². The summed E-state index contributed by atoms with van der Waals surface area (Å²) in [7, 11) is 1.96. The van der Waals surface area contributed by atoms with Gasteiger partial charge in [0.1, 0.15) is 0 Å². The summed E-state index contributed by atoms with van der Waals surface area (Å²) >= 11 is 0. The highest BCUT2D eigenvalue weighted by atomic mass is 19.4. The highest BCUT2D eigenvalue weighted by Crippen LogP contribution is 2.39. The van der Waals surface area contributed by atoms with E-state index in [9.17, 15) is 13.2 Å². The lowest BCUT2D eigenvalue weighted by atomic mass is 10.1. The van der Waals surface area contributed by atoms with Crippen LogP contribution in [0.5, 0.6) is 0 Å². The van der Waals surface area contributed by atoms with Crippen LogP contribution in [0.15, 0.2) is 18.2 Å². The minimum absolute atomic E-state index is 0.0675. The lowest BCUT2D eigenvalue weighted by Gasteiger charge is -2.33. The number of nitrogens with zero attached hydrogens (tertiary/aromatic N) is 3. The Morgan fingerprint density at radius 3 is 2.73 bits per heavy atom. The van der Waals surface area contributed by atoms with Crippen LogP contribution < -0.4 is 4.90 Å². The molecule has 0 amide bonds. The van der Waals surface area contributed by atoms with Crippen molar-refractivity contribution in [3.05, 3.63) is 29.3 Å². The van der Waals surface area contributed by atoms with Gasteiger partial charge in [0.2, 0.25) is 0 Å². The van der Waals surface area contributed by atoms with Gasteiger partial charge in [-0.2, -0.15) is 18.4 Å². The van der Waals surface area contributed by atoms with E-state index in [1.165, 1.54) is 12.1 Å². The second-order valence-corrected chi connectivity index (χ2v) is 5.70. The lowest BCUT2D eigenvalue weighted by molar-refractivity contribution is -0.137. The van der Waals surface area contributed by atoms with Crippen molar-refractivity contribution in [2.45, 2.75) is 18.3 Å². The standard InChI is InChI=1S/C15H16F3N3O/c1-20-4-5-22-14-9-21(8-13(14)20)12-6-10(7-19)2-3-11(12)15(16,17)18/h2-3,6,13-14H,4-5,8-9H2,1H3/t13-,14+/m1/s1. The van der Waals surface area contributed by atoms with Gasteiger partial charge in [0.15, 0.2) is 0 Å². The van der Waals surface area contributed by atoms with E-state index >= 15 is 0 Å². The van der Waals surface area contributed by atoms with Crippen LogP contribution in [0.1, 0.15) is 11.1 Å². The molecule has 22 heavy (non-hydrogen) atoms. The third-order valence-electron chi connectivity index (χ3n) is 4.35. The van der Waals surface area contributed by atoms with E-state index in [2.05, 4.69) is 4.90 Å². The molecule has 2 aliphatic rings. The third kappa shape index (κ3) is 2.64. The van der Waals surface area contributed by atoms with E-state index in [-0.39, 0.29) is 23.4 Å². The second-order valence-electron chi connectivity index (χ2n) is 5.70. The van der Waals surface area contributed by atoms with Gasteiger partial charge in [-0.25, -0.2) is 0 Å². The molecule has 0 bridgehead atoms. The normalized spacial score (nSPS) is 25.9. The molecule has 7 heteroatoms. The van der Waals surface area contributed by atoms with Gasteiger partial charge < -0.3 is 9.64 Å². The summed E-state index contributed by atoms with van der Waals surface area (Å²) in [5, 5.41) is 8.96. The molecule has 0 N–H and O–H groups in total. The zero-order valence-corrected chi connectivity index (χ0v) is 12.1. The van der Waals surface area contributed by atoms with E-state index in [0.717, 1.165) is 12.6 Å². The van der Waals surface area contributed by atoms with Crippen LogP contribution in [0.3, 0.4) is 0 Å². The summed E-state index contributed by atoms with van der Waals surface area (Å²) < 4.78 is 45.4. The van der Waals surface area contributed by atoms with Crippen LogP contribution in [0.2, 0.25) is 0 Å². The Morgan fingerprint density at radius 1 is 1.32 bits per heavy atom. The van der Waals surface area contributed by atoms with Crippen molar-refractivity contribution in [3.63, 3.8) is 0 Å². The molecule has 1 aromatic rings. The Hall–Kier alpha value is -1.78. The van der Waals surface area contributed by atoms with Gasteiger partial charge in [0.05, 0.1) is 41.6 Å². The van der Waals surface area contributed by atoms with Gasteiger partial charge in [0.25, 0.3) is 0 Å². The van der Waals surface area contributed by atoms with Crippen molar-refractivity contribution >= 4 is 5.69 Å². The molecule has 2 saturated heterocycles. The maximum Gasteiger partial charge on any atom is 0.418 e. The number of halogens is 3. The molecule has 0 aromatic heterocycles. The fourth-order valence-electron chi connectivity index (χ4n) is 3.16. The summed E-state index contributed by atoms with van der Waals surface area (Å²) in [6.07, 6.45) is -4.53. The van der Waals surface area contributed by atoms with Crippen molar-refractivity contribution in [1.29, 1.82) is 5.26 Å². The zero-order valence-electron chi connectivity index (χ0n) is 12.1. The number of fused-ring (bicyclic) bond motifs is 1. The molecule has 0 saturated carbocycles. The first kappa shape index (κ1) is 15.1. The van der Waals surface area contributed by atoms with Gasteiger partial charge >= 0.3 is 6.18 Å². The summed E-state index contributed by atoms with van der Waals surface area (Å²) in [5.74, 6) is 0. The topological polar surface area (TPSA) is 39.5 Å². The number of nitriles is 1. The van der Waals surface area contributed by atoms with Gasteiger partial charge in [-0.15, -0.1) is 0 Å². The molecule has 0 aliphatic carbocycles. The molecule has 118 valence electrons. The Balaban J connectivity index is 1.96. The van der Waals surface area contributed by atoms with E-state index < -0.39 is 11.7 Å². The van der Waals surface area contributed by atoms with Crippen molar-refractivity contribution in [2.75, 3.05) is 38.2 Å². The molecule has 0 radical (unpaired) electrons. The fourth-order valence-corrected chi connectivity index (χ4v) is 3.16. The predicted molar refractivity (Wildman–Crippen MR) is 74.5 cm³/mol. The van der Waals surface area contributed by atoms with Gasteiger partial charge in [0, 0.05) is 19.6 Å². The smallest absolute Gasteiger partial charge is 0.373 e. The highest BCUT2D eigenvalue weighted by molar-refractivity contribution is 5.60. The first-order valence-corrected chi connectivity index (χ1v) is 7.08. The number of hydrogen-bond acceptors (Lipinski definition) is 4. The van der Waals surface area contributed by atoms with E-state index in [1.807, 2.05) is 13.1 Å². The molecule has 4 nitrogen and oxygen atoms in total. The number of benzene rings is 1. The van der Waals surface area contributed by atoms with Crippen LogP contribution in [0.4, 0.5) is 18.9 Å². The minimum atomic E-state index is -4.44. The van der Waals surface area contributed by atoms with E-state index in [4.69, 9.17) is 10.00 Å². The van der Waals surface area contributed by atoms with Gasteiger partial charge in [-0.1, -0.05) is 0 Å². The summed E-state index contributed by atoms with van der Waals surface area (Å²) in [6.45, 7) is 2.25. The van der Waals surface area contributed by atoms with Crippen LogP contribution in [-0.2, 0) is 10.9 Å². The number of ether oxygens (including phenoxy) is 1. The van der Waals surface area contributed by atoms with Crippen LogP contribution in [-0.4, -0.2) is 50.3 Å². The molecule has 2 aliphatic heterocycles.